The Morgan fingerprint density at radius 3 is 2.84 bits per heavy atom. The van der Waals surface area contributed by atoms with Crippen LogP contribution in [0.2, 0.25) is 0 Å². The fourth-order valence-electron chi connectivity index (χ4n) is 4.20. The second-order valence-corrected chi connectivity index (χ2v) is 9.33. The summed E-state index contributed by atoms with van der Waals surface area (Å²) in [5, 5.41) is 19.7. The second-order valence-electron chi connectivity index (χ2n) is 8.55. The first-order valence-electron chi connectivity index (χ1n) is 10.6. The predicted octanol–water partition coefficient (Wildman–Crippen LogP) is 4.28. The average Bonchev–Trinajstić information content (AvgIpc) is 3.18. The summed E-state index contributed by atoms with van der Waals surface area (Å²) in [6.45, 7) is 7.25. The first-order valence-corrected chi connectivity index (χ1v) is 11.6. The molecule has 2 unspecified atom stereocenters. The third-order valence-electron chi connectivity index (χ3n) is 6.08. The van der Waals surface area contributed by atoms with Crippen molar-refractivity contribution in [2.75, 3.05) is 18.4 Å². The normalized spacial score (nSPS) is 25.5. The van der Waals surface area contributed by atoms with Gasteiger partial charge >= 0.3 is 6.03 Å². The number of rotatable bonds is 4. The first-order chi connectivity index (χ1) is 15.0. The fourth-order valence-corrected chi connectivity index (χ4v) is 4.90. The van der Waals surface area contributed by atoms with E-state index in [1.807, 2.05) is 47.0 Å². The van der Waals surface area contributed by atoms with E-state index < -0.39 is 0 Å². The second kappa shape index (κ2) is 8.05. The number of nitrogens with one attached hydrogen (secondary N) is 1. The van der Waals surface area contributed by atoms with Gasteiger partial charge in [-0.3, -0.25) is 0 Å². The van der Waals surface area contributed by atoms with Crippen molar-refractivity contribution in [3.63, 3.8) is 0 Å². The van der Waals surface area contributed by atoms with E-state index >= 15 is 0 Å². The van der Waals surface area contributed by atoms with E-state index in [0.717, 1.165) is 28.8 Å². The van der Waals surface area contributed by atoms with E-state index in [1.165, 1.54) is 0 Å². The lowest BCUT2D eigenvalue weighted by Gasteiger charge is -2.36. The molecule has 3 heterocycles. The zero-order valence-electron chi connectivity index (χ0n) is 17.9. The predicted molar refractivity (Wildman–Crippen MR) is 119 cm³/mol. The van der Waals surface area contributed by atoms with Gasteiger partial charge in [-0.15, -0.1) is 5.10 Å². The molecule has 2 fully saturated rings. The Bertz CT molecular complexity index is 1080. The van der Waals surface area contributed by atoms with Crippen LogP contribution in [0.15, 0.2) is 35.0 Å². The molecular formula is C22H26N6O2S. The molecule has 1 saturated carbocycles. The standard InChI is InChI=1S/C22H26N6O2S/c1-13-5-4-6-17(21-24-25-26-28(21)18-9-14(18)2)20(13)23-22(29)27-10-15(3)30-19(11-27)16-7-8-31-12-16/h4-8,12,14-15,18-19H,9-11H2,1-3H3,(H,23,29)/t14-,15?,18-,19?/m1/s1. The van der Waals surface area contributed by atoms with Crippen LogP contribution in [-0.4, -0.2) is 50.3 Å². The fraction of sp³-hybridized carbons (Fsp3) is 0.455. The first kappa shape index (κ1) is 20.1. The number of thiophene rings is 1. The minimum atomic E-state index is -0.134. The molecule has 5 rings (SSSR count). The van der Waals surface area contributed by atoms with Crippen molar-refractivity contribution in [2.24, 2.45) is 5.92 Å². The Morgan fingerprint density at radius 1 is 1.26 bits per heavy atom. The topological polar surface area (TPSA) is 85.2 Å². The number of aromatic nitrogens is 4. The smallest absolute Gasteiger partial charge is 0.322 e. The maximum absolute atomic E-state index is 13.3. The molecule has 9 heteroatoms. The Kier molecular flexibility index (Phi) is 5.23. The van der Waals surface area contributed by atoms with Gasteiger partial charge in [-0.1, -0.05) is 19.1 Å². The molecule has 1 N–H and O–H groups in total. The van der Waals surface area contributed by atoms with Crippen molar-refractivity contribution in [2.45, 2.75) is 45.4 Å². The Balaban J connectivity index is 1.40. The summed E-state index contributed by atoms with van der Waals surface area (Å²) in [6.07, 6.45) is 0.923. The van der Waals surface area contributed by atoms with E-state index in [2.05, 4.69) is 39.2 Å². The number of hydrogen-bond donors (Lipinski definition) is 1. The van der Waals surface area contributed by atoms with Gasteiger partial charge in [0, 0.05) is 12.1 Å². The third kappa shape index (κ3) is 3.95. The molecule has 2 amide bonds. The van der Waals surface area contributed by atoms with Gasteiger partial charge < -0.3 is 15.0 Å². The van der Waals surface area contributed by atoms with Crippen molar-refractivity contribution in [1.82, 2.24) is 25.1 Å². The number of aryl methyl sites for hydroxylation is 1. The van der Waals surface area contributed by atoms with Crippen LogP contribution in [0.1, 0.15) is 43.5 Å². The number of nitrogens with zero attached hydrogens (tertiary/aromatic N) is 5. The number of carbonyl (C=O) groups is 1. The molecule has 8 nitrogen and oxygen atoms in total. The van der Waals surface area contributed by atoms with Crippen molar-refractivity contribution in [3.05, 3.63) is 46.2 Å². The van der Waals surface area contributed by atoms with Gasteiger partial charge in [0.2, 0.25) is 0 Å². The Morgan fingerprint density at radius 2 is 2.10 bits per heavy atom. The van der Waals surface area contributed by atoms with Crippen molar-refractivity contribution >= 4 is 23.1 Å². The lowest BCUT2D eigenvalue weighted by molar-refractivity contribution is -0.0640. The van der Waals surface area contributed by atoms with Crippen LogP contribution in [0.3, 0.4) is 0 Å². The molecule has 1 aromatic carbocycles. The summed E-state index contributed by atoms with van der Waals surface area (Å²) in [5.41, 5.74) is 3.68. The van der Waals surface area contributed by atoms with Gasteiger partial charge in [-0.05, 0) is 70.6 Å². The molecule has 1 saturated heterocycles. The SMILES string of the molecule is Cc1cccc(-c2nnnn2[C@@H]2C[C@H]2C)c1NC(=O)N1CC(C)OC(c2ccsc2)C1. The number of anilines is 1. The zero-order valence-corrected chi connectivity index (χ0v) is 18.7. The molecule has 0 radical (unpaired) electrons. The van der Waals surface area contributed by atoms with Gasteiger partial charge in [0.1, 0.15) is 6.10 Å². The van der Waals surface area contributed by atoms with Crippen LogP contribution in [-0.2, 0) is 4.74 Å². The van der Waals surface area contributed by atoms with Crippen molar-refractivity contribution < 1.29 is 9.53 Å². The highest BCUT2D eigenvalue weighted by atomic mass is 32.1. The maximum Gasteiger partial charge on any atom is 0.322 e. The van der Waals surface area contributed by atoms with Gasteiger partial charge in [0.05, 0.1) is 24.4 Å². The summed E-state index contributed by atoms with van der Waals surface area (Å²) in [4.78, 5) is 15.1. The van der Waals surface area contributed by atoms with Gasteiger partial charge in [0.25, 0.3) is 0 Å². The molecule has 31 heavy (non-hydrogen) atoms. The van der Waals surface area contributed by atoms with E-state index in [-0.39, 0.29) is 18.2 Å². The number of tetrazole rings is 1. The van der Waals surface area contributed by atoms with Crippen LogP contribution >= 0.6 is 11.3 Å². The van der Waals surface area contributed by atoms with Crippen molar-refractivity contribution in [1.29, 1.82) is 0 Å². The van der Waals surface area contributed by atoms with E-state index in [0.29, 0.717) is 30.9 Å². The van der Waals surface area contributed by atoms with E-state index in [1.54, 1.807) is 11.3 Å². The monoisotopic (exact) mass is 438 g/mol. The molecule has 4 atom stereocenters. The highest BCUT2D eigenvalue weighted by Gasteiger charge is 2.38. The van der Waals surface area contributed by atoms with Crippen LogP contribution in [0, 0.1) is 12.8 Å². The quantitative estimate of drug-likeness (QED) is 0.657. The molecule has 1 aliphatic carbocycles. The number of morpholine rings is 1. The highest BCUT2D eigenvalue weighted by Crippen LogP contribution is 2.44. The summed E-state index contributed by atoms with van der Waals surface area (Å²) < 4.78 is 7.97. The molecule has 162 valence electrons. The van der Waals surface area contributed by atoms with Crippen LogP contribution < -0.4 is 5.32 Å². The molecule has 0 bridgehead atoms. The highest BCUT2D eigenvalue weighted by molar-refractivity contribution is 7.07. The molecule has 2 aliphatic rings. The maximum atomic E-state index is 13.3. The van der Waals surface area contributed by atoms with Crippen LogP contribution in [0.25, 0.3) is 11.4 Å². The number of para-hydroxylation sites is 1. The van der Waals surface area contributed by atoms with Gasteiger partial charge in [0.15, 0.2) is 5.82 Å². The summed E-state index contributed by atoms with van der Waals surface area (Å²) in [5.74, 6) is 1.26. The molecular weight excluding hydrogens is 412 g/mol. The Labute approximate surface area is 185 Å². The van der Waals surface area contributed by atoms with Gasteiger partial charge in [-0.25, -0.2) is 9.48 Å². The van der Waals surface area contributed by atoms with E-state index in [9.17, 15) is 4.79 Å². The number of benzene rings is 1. The summed E-state index contributed by atoms with van der Waals surface area (Å²) >= 11 is 1.64. The molecule has 1 aliphatic heterocycles. The Hall–Kier alpha value is -2.78. The minimum Gasteiger partial charge on any atom is -0.367 e. The third-order valence-corrected chi connectivity index (χ3v) is 6.78. The molecule has 0 spiro atoms. The lowest BCUT2D eigenvalue weighted by Crippen LogP contribution is -2.47. The number of ether oxygens (including phenoxy) is 1. The number of carbonyl (C=O) groups excluding carboxylic acids is 1. The van der Waals surface area contributed by atoms with Gasteiger partial charge in [-0.2, -0.15) is 11.3 Å². The summed E-state index contributed by atoms with van der Waals surface area (Å²) in [6, 6.07) is 8.17. The van der Waals surface area contributed by atoms with E-state index in [4.69, 9.17) is 4.74 Å². The average molecular weight is 439 g/mol. The largest absolute Gasteiger partial charge is 0.367 e. The molecule has 2 aromatic heterocycles. The summed E-state index contributed by atoms with van der Waals surface area (Å²) in [7, 11) is 0. The number of amides is 2. The lowest BCUT2D eigenvalue weighted by atomic mass is 10.1. The van der Waals surface area contributed by atoms with Crippen LogP contribution in [0.4, 0.5) is 10.5 Å². The minimum absolute atomic E-state index is 0.0376. The van der Waals surface area contributed by atoms with Crippen LogP contribution in [0.5, 0.6) is 0 Å². The number of hydrogen-bond acceptors (Lipinski definition) is 6. The van der Waals surface area contributed by atoms with Crippen molar-refractivity contribution in [3.8, 4) is 11.4 Å². The zero-order chi connectivity index (χ0) is 21.5. The molecule has 3 aromatic rings. The number of urea groups is 1.